The van der Waals surface area contributed by atoms with Crippen LogP contribution in [0.15, 0.2) is 42.6 Å². The lowest BCUT2D eigenvalue weighted by Crippen LogP contribution is -2.54. The summed E-state index contributed by atoms with van der Waals surface area (Å²) in [6, 6.07) is 8.94. The number of aromatic nitrogens is 3. The maximum absolute atomic E-state index is 15.8. The number of imide groups is 2. The molecule has 262 valence electrons. The van der Waals surface area contributed by atoms with Crippen LogP contribution in [0.4, 0.5) is 26.8 Å². The van der Waals surface area contributed by atoms with Crippen LogP contribution in [-0.4, -0.2) is 86.5 Å². The molecule has 3 aliphatic heterocycles. The molecular formula is C34H31ClFN9O5S. The number of hydrogen-bond donors (Lipinski definition) is 3. The summed E-state index contributed by atoms with van der Waals surface area (Å²) >= 11 is 7.43. The Morgan fingerprint density at radius 3 is 2.59 bits per heavy atom. The molecular weight excluding hydrogens is 701 g/mol. The first-order valence-electron chi connectivity index (χ1n) is 16.1. The van der Waals surface area contributed by atoms with Gasteiger partial charge in [-0.3, -0.25) is 39.1 Å². The Labute approximate surface area is 300 Å². The van der Waals surface area contributed by atoms with Gasteiger partial charge in [0.2, 0.25) is 11.8 Å². The van der Waals surface area contributed by atoms with E-state index < -0.39 is 35.5 Å². The van der Waals surface area contributed by atoms with Gasteiger partial charge in [-0.1, -0.05) is 41.1 Å². The van der Waals surface area contributed by atoms with Gasteiger partial charge in [-0.2, -0.15) is 0 Å². The molecule has 3 N–H and O–H groups in total. The van der Waals surface area contributed by atoms with Crippen molar-refractivity contribution in [3.63, 3.8) is 0 Å². The van der Waals surface area contributed by atoms with E-state index in [0.717, 1.165) is 10.5 Å². The van der Waals surface area contributed by atoms with Crippen molar-refractivity contribution in [2.24, 2.45) is 0 Å². The number of anilines is 4. The first-order valence-corrected chi connectivity index (χ1v) is 17.3. The number of carbonyl (C=O) groups excluding carboxylic acids is 5. The van der Waals surface area contributed by atoms with E-state index in [2.05, 4.69) is 35.8 Å². The standard InChI is InChI=1S/C34H31ClFN9O5S/c1-17-4-3-5-21(35)29(17)42-31(48)23-15-37-34(51-23)40-24-14-25(39-18(2)38-24)44-12-10-43(11-13-44)16-19-6-7-20-27(28(19)36)33(50)45(32(20)49)22-8-9-26(46)41-30(22)47/h3-7,14-15,22H,8-13,16H2,1-2H3,(H,42,48)(H,41,46,47)(H,37,38,39,40). The van der Waals surface area contributed by atoms with Crippen LogP contribution in [0.2, 0.25) is 5.02 Å². The fraction of sp³-hybridized carbons (Fsp3) is 0.294. The van der Waals surface area contributed by atoms with E-state index in [1.54, 1.807) is 19.1 Å². The Morgan fingerprint density at radius 1 is 1.06 bits per heavy atom. The first-order chi connectivity index (χ1) is 24.5. The van der Waals surface area contributed by atoms with Crippen molar-refractivity contribution in [2.45, 2.75) is 39.3 Å². The van der Waals surface area contributed by atoms with Gasteiger partial charge in [-0.15, -0.1) is 0 Å². The van der Waals surface area contributed by atoms with Gasteiger partial charge in [-0.05, 0) is 38.0 Å². The van der Waals surface area contributed by atoms with Crippen molar-refractivity contribution in [3.05, 3.63) is 86.4 Å². The maximum Gasteiger partial charge on any atom is 0.267 e. The molecule has 0 spiro atoms. The van der Waals surface area contributed by atoms with E-state index in [1.165, 1.54) is 29.7 Å². The predicted molar refractivity (Wildman–Crippen MR) is 187 cm³/mol. The van der Waals surface area contributed by atoms with Gasteiger partial charge in [0.1, 0.15) is 34.2 Å². The average Bonchev–Trinajstić information content (AvgIpc) is 3.66. The van der Waals surface area contributed by atoms with Crippen molar-refractivity contribution in [1.29, 1.82) is 0 Å². The van der Waals surface area contributed by atoms with E-state index in [-0.39, 0.29) is 42.0 Å². The molecule has 7 rings (SSSR count). The monoisotopic (exact) mass is 731 g/mol. The van der Waals surface area contributed by atoms with Gasteiger partial charge >= 0.3 is 0 Å². The highest BCUT2D eigenvalue weighted by atomic mass is 35.5. The highest BCUT2D eigenvalue weighted by Gasteiger charge is 2.46. The normalized spacial score (nSPS) is 17.8. The molecule has 0 bridgehead atoms. The summed E-state index contributed by atoms with van der Waals surface area (Å²) in [6.07, 6.45) is 1.46. The second-order valence-corrected chi connectivity index (χ2v) is 13.8. The third-order valence-electron chi connectivity index (χ3n) is 8.97. The molecule has 2 aromatic carbocycles. The van der Waals surface area contributed by atoms with Crippen molar-refractivity contribution >= 4 is 74.9 Å². The van der Waals surface area contributed by atoms with Crippen LogP contribution in [0.25, 0.3) is 0 Å². The summed E-state index contributed by atoms with van der Waals surface area (Å²) in [5.74, 6) is -2.23. The molecule has 0 aliphatic carbocycles. The zero-order valence-electron chi connectivity index (χ0n) is 27.5. The smallest absolute Gasteiger partial charge is 0.267 e. The number of rotatable bonds is 8. The Morgan fingerprint density at radius 2 is 1.84 bits per heavy atom. The molecule has 0 radical (unpaired) electrons. The van der Waals surface area contributed by atoms with Gasteiger partial charge in [0, 0.05) is 50.8 Å². The minimum Gasteiger partial charge on any atom is -0.354 e. The van der Waals surface area contributed by atoms with Crippen LogP contribution in [-0.2, 0) is 16.1 Å². The van der Waals surface area contributed by atoms with Crippen LogP contribution >= 0.6 is 22.9 Å². The minimum absolute atomic E-state index is 0.00605. The van der Waals surface area contributed by atoms with Crippen LogP contribution in [0.5, 0.6) is 0 Å². The third-order valence-corrected chi connectivity index (χ3v) is 10.2. The number of piperazine rings is 1. The average molecular weight is 732 g/mol. The van der Waals surface area contributed by atoms with Gasteiger partial charge in [0.05, 0.1) is 28.0 Å². The van der Waals surface area contributed by atoms with Crippen LogP contribution in [0, 0.1) is 19.7 Å². The lowest BCUT2D eigenvalue weighted by Gasteiger charge is -2.35. The zero-order chi connectivity index (χ0) is 36.0. The Hall–Kier alpha value is -5.32. The molecule has 2 fully saturated rings. The molecule has 1 unspecified atom stereocenters. The number of piperidine rings is 1. The maximum atomic E-state index is 15.8. The minimum atomic E-state index is -1.16. The number of thiazole rings is 1. The number of halogens is 2. The summed E-state index contributed by atoms with van der Waals surface area (Å²) in [6.45, 7) is 6.12. The molecule has 17 heteroatoms. The molecule has 3 aliphatic rings. The Bertz CT molecular complexity index is 2100. The molecule has 5 heterocycles. The largest absolute Gasteiger partial charge is 0.354 e. The SMILES string of the molecule is Cc1nc(Nc2ncc(C(=O)Nc3c(C)cccc3Cl)s2)cc(N2CCN(Cc3ccc4c(c3F)C(=O)N(C3CCC(=O)NC3=O)C4=O)CC2)n1. The second kappa shape index (κ2) is 13.8. The highest BCUT2D eigenvalue weighted by Crippen LogP contribution is 2.32. The summed E-state index contributed by atoms with van der Waals surface area (Å²) in [5, 5.41) is 9.08. The number of amides is 5. The molecule has 0 saturated carbocycles. The summed E-state index contributed by atoms with van der Waals surface area (Å²) in [7, 11) is 0. The van der Waals surface area contributed by atoms with E-state index in [9.17, 15) is 24.0 Å². The van der Waals surface area contributed by atoms with Crippen molar-refractivity contribution in [1.82, 2.24) is 30.1 Å². The van der Waals surface area contributed by atoms with Gasteiger partial charge in [0.25, 0.3) is 17.7 Å². The quantitative estimate of drug-likeness (QED) is 0.224. The molecule has 4 aromatic rings. The molecule has 51 heavy (non-hydrogen) atoms. The number of carbonyl (C=O) groups is 5. The van der Waals surface area contributed by atoms with E-state index in [1.807, 2.05) is 24.0 Å². The fourth-order valence-corrected chi connectivity index (χ4v) is 7.34. The molecule has 1 atom stereocenters. The van der Waals surface area contributed by atoms with Crippen LogP contribution in [0.3, 0.4) is 0 Å². The highest BCUT2D eigenvalue weighted by molar-refractivity contribution is 7.17. The number of nitrogens with one attached hydrogen (secondary N) is 3. The number of para-hydroxylation sites is 1. The molecule has 2 saturated heterocycles. The van der Waals surface area contributed by atoms with Gasteiger partial charge in [-0.25, -0.2) is 19.3 Å². The number of fused-ring (bicyclic) bond motifs is 1. The van der Waals surface area contributed by atoms with Gasteiger partial charge < -0.3 is 15.5 Å². The van der Waals surface area contributed by atoms with Gasteiger partial charge in [0.15, 0.2) is 5.13 Å². The zero-order valence-corrected chi connectivity index (χ0v) is 29.0. The summed E-state index contributed by atoms with van der Waals surface area (Å²) in [4.78, 5) is 81.8. The molecule has 14 nitrogen and oxygen atoms in total. The van der Waals surface area contributed by atoms with Crippen molar-refractivity contribution in [3.8, 4) is 0 Å². The number of aryl methyl sites for hydroxylation is 2. The lowest BCUT2D eigenvalue weighted by atomic mass is 10.0. The predicted octanol–water partition coefficient (Wildman–Crippen LogP) is 4.06. The van der Waals surface area contributed by atoms with E-state index in [4.69, 9.17) is 11.6 Å². The summed E-state index contributed by atoms with van der Waals surface area (Å²) < 4.78 is 15.8. The van der Waals surface area contributed by atoms with E-state index in [0.29, 0.717) is 64.4 Å². The van der Waals surface area contributed by atoms with Crippen molar-refractivity contribution < 1.29 is 28.4 Å². The van der Waals surface area contributed by atoms with Crippen LogP contribution in [0.1, 0.15) is 60.2 Å². The summed E-state index contributed by atoms with van der Waals surface area (Å²) in [5.41, 5.74) is 1.21. The fourth-order valence-electron chi connectivity index (χ4n) is 6.35. The second-order valence-electron chi connectivity index (χ2n) is 12.4. The first kappa shape index (κ1) is 34.1. The third kappa shape index (κ3) is 6.77. The number of benzene rings is 2. The Balaban J connectivity index is 0.977. The van der Waals surface area contributed by atoms with Crippen molar-refractivity contribution in [2.75, 3.05) is 41.7 Å². The lowest BCUT2D eigenvalue weighted by molar-refractivity contribution is -0.136. The molecule has 5 amide bonds. The topological polar surface area (TPSA) is 170 Å². The van der Waals surface area contributed by atoms with Crippen LogP contribution < -0.4 is 20.9 Å². The number of nitrogens with zero attached hydrogens (tertiary/aromatic N) is 6. The molecule has 2 aromatic heterocycles. The number of hydrogen-bond acceptors (Lipinski definition) is 12. The Kier molecular flexibility index (Phi) is 9.22. The van der Waals surface area contributed by atoms with E-state index >= 15 is 4.39 Å².